The first-order valence-electron chi connectivity index (χ1n) is 7.66. The SMILES string of the molecule is CC.CC.CCC1C[C@@H]2CCCCC[C@H]2N1.[B]. The van der Waals surface area contributed by atoms with E-state index in [1.807, 2.05) is 27.7 Å². The average Bonchev–Trinajstić information content (AvgIpc) is 2.65. The topological polar surface area (TPSA) is 12.0 Å². The fraction of sp³-hybridized carbons (Fsp3) is 1.00. The third-order valence-corrected chi connectivity index (χ3v) is 3.69. The third kappa shape index (κ3) is 6.50. The van der Waals surface area contributed by atoms with E-state index in [1.54, 1.807) is 0 Å². The molecule has 0 amide bonds. The summed E-state index contributed by atoms with van der Waals surface area (Å²) in [5.41, 5.74) is 0. The second-order valence-corrected chi connectivity index (χ2v) is 4.51. The molecule has 1 heterocycles. The molecule has 1 saturated heterocycles. The first-order valence-corrected chi connectivity index (χ1v) is 7.66. The van der Waals surface area contributed by atoms with Gasteiger partial charge in [-0.2, -0.15) is 0 Å². The highest BCUT2D eigenvalue weighted by atomic mass is 15.0. The smallest absolute Gasteiger partial charge is 0.00984 e. The van der Waals surface area contributed by atoms with Crippen LogP contribution in [0.2, 0.25) is 0 Å². The number of nitrogens with one attached hydrogen (secondary N) is 1. The van der Waals surface area contributed by atoms with E-state index in [4.69, 9.17) is 0 Å². The lowest BCUT2D eigenvalue weighted by Gasteiger charge is -2.14. The molecule has 1 saturated carbocycles. The third-order valence-electron chi connectivity index (χ3n) is 3.69. The van der Waals surface area contributed by atoms with Gasteiger partial charge in [0.2, 0.25) is 0 Å². The molecule has 2 fully saturated rings. The van der Waals surface area contributed by atoms with Gasteiger partial charge < -0.3 is 5.32 Å². The van der Waals surface area contributed by atoms with Crippen molar-refractivity contribution in [3.63, 3.8) is 0 Å². The van der Waals surface area contributed by atoms with Crippen molar-refractivity contribution >= 4 is 8.41 Å². The van der Waals surface area contributed by atoms with E-state index in [0.29, 0.717) is 0 Å². The maximum absolute atomic E-state index is 3.78. The minimum absolute atomic E-state index is 0. The zero-order valence-electron chi connectivity index (χ0n) is 12.8. The van der Waals surface area contributed by atoms with E-state index in [9.17, 15) is 0 Å². The summed E-state index contributed by atoms with van der Waals surface area (Å²) in [5, 5.41) is 3.78. The Bertz CT molecular complexity index is 136. The number of rotatable bonds is 1. The standard InChI is InChI=1S/C11H21N.2C2H6.B/c1-2-10-8-9-6-4-3-5-7-11(9)12-10;2*1-2;/h9-12H,2-8H2,1H3;2*1-2H3;/t9-,10?,11+;;;/m0.../s1. The van der Waals surface area contributed by atoms with Gasteiger partial charge in [-0.15, -0.1) is 0 Å². The minimum atomic E-state index is 0. The van der Waals surface area contributed by atoms with Crippen LogP contribution in [-0.2, 0) is 0 Å². The van der Waals surface area contributed by atoms with Crippen LogP contribution < -0.4 is 5.32 Å². The molecule has 2 heteroatoms. The summed E-state index contributed by atoms with van der Waals surface area (Å²) >= 11 is 0. The van der Waals surface area contributed by atoms with Gasteiger partial charge in [-0.05, 0) is 31.6 Å². The fourth-order valence-corrected chi connectivity index (χ4v) is 2.91. The van der Waals surface area contributed by atoms with Crippen LogP contribution in [0.25, 0.3) is 0 Å². The molecule has 1 aliphatic carbocycles. The van der Waals surface area contributed by atoms with Crippen LogP contribution >= 0.6 is 0 Å². The summed E-state index contributed by atoms with van der Waals surface area (Å²) in [7, 11) is 0. The van der Waals surface area contributed by atoms with Crippen molar-refractivity contribution < 1.29 is 0 Å². The van der Waals surface area contributed by atoms with Crippen LogP contribution in [0.3, 0.4) is 0 Å². The van der Waals surface area contributed by atoms with E-state index in [2.05, 4.69) is 12.2 Å². The van der Waals surface area contributed by atoms with Crippen molar-refractivity contribution in [2.75, 3.05) is 0 Å². The summed E-state index contributed by atoms with van der Waals surface area (Å²) in [4.78, 5) is 0. The van der Waals surface area contributed by atoms with E-state index < -0.39 is 0 Å². The Morgan fingerprint density at radius 3 is 2.12 bits per heavy atom. The molecule has 1 N–H and O–H groups in total. The van der Waals surface area contributed by atoms with Crippen molar-refractivity contribution in [2.24, 2.45) is 5.92 Å². The molecular formula is C15H33BN. The Morgan fingerprint density at radius 2 is 1.53 bits per heavy atom. The normalized spacial score (nSPS) is 30.5. The maximum atomic E-state index is 3.78. The molecule has 2 aliphatic rings. The Labute approximate surface area is 112 Å². The van der Waals surface area contributed by atoms with Gasteiger partial charge in [-0.3, -0.25) is 0 Å². The van der Waals surface area contributed by atoms with Crippen LogP contribution in [0.1, 0.15) is 79.6 Å². The molecule has 0 spiro atoms. The zero-order chi connectivity index (χ0) is 12.4. The molecule has 101 valence electrons. The molecular weight excluding hydrogens is 205 g/mol. The van der Waals surface area contributed by atoms with Gasteiger partial charge in [-0.1, -0.05) is 53.9 Å². The predicted octanol–water partition coefficient (Wildman–Crippen LogP) is 4.38. The van der Waals surface area contributed by atoms with Crippen molar-refractivity contribution in [3.05, 3.63) is 0 Å². The Balaban J connectivity index is 0. The second-order valence-electron chi connectivity index (χ2n) is 4.51. The van der Waals surface area contributed by atoms with Crippen molar-refractivity contribution in [1.82, 2.24) is 5.32 Å². The minimum Gasteiger partial charge on any atom is -0.311 e. The molecule has 3 radical (unpaired) electrons. The van der Waals surface area contributed by atoms with Crippen molar-refractivity contribution in [1.29, 1.82) is 0 Å². The van der Waals surface area contributed by atoms with Gasteiger partial charge in [-0.25, -0.2) is 0 Å². The van der Waals surface area contributed by atoms with Crippen LogP contribution in [0.15, 0.2) is 0 Å². The van der Waals surface area contributed by atoms with Gasteiger partial charge in [0.1, 0.15) is 0 Å². The molecule has 2 rings (SSSR count). The number of hydrogen-bond acceptors (Lipinski definition) is 1. The molecule has 0 aromatic rings. The zero-order valence-corrected chi connectivity index (χ0v) is 12.8. The highest BCUT2D eigenvalue weighted by molar-refractivity contribution is 5.75. The van der Waals surface area contributed by atoms with Crippen LogP contribution in [0.5, 0.6) is 0 Å². The predicted molar refractivity (Wildman–Crippen MR) is 80.6 cm³/mol. The number of hydrogen-bond donors (Lipinski definition) is 1. The molecule has 1 unspecified atom stereocenters. The van der Waals surface area contributed by atoms with Crippen LogP contribution in [0, 0.1) is 5.92 Å². The maximum Gasteiger partial charge on any atom is 0.00984 e. The average molecular weight is 238 g/mol. The first kappa shape index (κ1) is 19.4. The quantitative estimate of drug-likeness (QED) is 0.668. The molecule has 3 atom stereocenters. The van der Waals surface area contributed by atoms with Gasteiger partial charge in [0.05, 0.1) is 0 Å². The molecule has 0 aromatic heterocycles. The van der Waals surface area contributed by atoms with Gasteiger partial charge in [0.25, 0.3) is 0 Å². The summed E-state index contributed by atoms with van der Waals surface area (Å²) in [6.07, 6.45) is 10.2. The second kappa shape index (κ2) is 12.5. The lowest BCUT2D eigenvalue weighted by Crippen LogP contribution is -2.30. The molecule has 0 bridgehead atoms. The van der Waals surface area contributed by atoms with Gasteiger partial charge in [0.15, 0.2) is 0 Å². The van der Waals surface area contributed by atoms with E-state index in [0.717, 1.165) is 18.0 Å². The molecule has 1 aliphatic heterocycles. The first-order chi connectivity index (χ1) is 7.90. The monoisotopic (exact) mass is 238 g/mol. The van der Waals surface area contributed by atoms with Gasteiger partial charge in [0, 0.05) is 20.5 Å². The highest BCUT2D eigenvalue weighted by Gasteiger charge is 2.32. The van der Waals surface area contributed by atoms with E-state index in [1.165, 1.54) is 44.9 Å². The fourth-order valence-electron chi connectivity index (χ4n) is 2.91. The molecule has 0 aromatic carbocycles. The van der Waals surface area contributed by atoms with E-state index >= 15 is 0 Å². The van der Waals surface area contributed by atoms with E-state index in [-0.39, 0.29) is 8.41 Å². The van der Waals surface area contributed by atoms with Gasteiger partial charge >= 0.3 is 0 Å². The molecule has 17 heavy (non-hydrogen) atoms. The summed E-state index contributed by atoms with van der Waals surface area (Å²) in [5.74, 6) is 1.03. The van der Waals surface area contributed by atoms with Crippen molar-refractivity contribution in [2.45, 2.75) is 91.6 Å². The number of fused-ring (bicyclic) bond motifs is 1. The summed E-state index contributed by atoms with van der Waals surface area (Å²) in [6.45, 7) is 10.3. The highest BCUT2D eigenvalue weighted by Crippen LogP contribution is 2.32. The lowest BCUT2D eigenvalue weighted by molar-refractivity contribution is 0.424. The molecule has 1 nitrogen and oxygen atoms in total. The Morgan fingerprint density at radius 1 is 0.941 bits per heavy atom. The lowest BCUT2D eigenvalue weighted by atomic mass is 9.94. The van der Waals surface area contributed by atoms with Crippen LogP contribution in [0.4, 0.5) is 0 Å². The summed E-state index contributed by atoms with van der Waals surface area (Å²) < 4.78 is 0. The Hall–Kier alpha value is 0.0249. The summed E-state index contributed by atoms with van der Waals surface area (Å²) in [6, 6.07) is 1.73. The largest absolute Gasteiger partial charge is 0.311 e. The Kier molecular flexibility index (Phi) is 14.2. The van der Waals surface area contributed by atoms with Crippen LogP contribution in [-0.4, -0.2) is 20.5 Å². The van der Waals surface area contributed by atoms with Crippen molar-refractivity contribution in [3.8, 4) is 0 Å².